The van der Waals surface area contributed by atoms with E-state index < -0.39 is 5.82 Å². The summed E-state index contributed by atoms with van der Waals surface area (Å²) in [6.07, 6.45) is 1.30. The second-order valence-electron chi connectivity index (χ2n) is 3.42. The first-order chi connectivity index (χ1) is 8.74. The Labute approximate surface area is 99.3 Å². The summed E-state index contributed by atoms with van der Waals surface area (Å²) in [6, 6.07) is 3.65. The standard InChI is InChI=1S/C10H6FN5O2/c11-7-3-5(17)1-2-6(7)10-14-9(16-18-10)8-12-4-13-15-8/h1-4,17H,(H,12,13,15). The molecule has 0 saturated heterocycles. The van der Waals surface area contributed by atoms with E-state index in [4.69, 9.17) is 9.63 Å². The first-order valence-corrected chi connectivity index (χ1v) is 4.92. The number of hydrogen-bond donors (Lipinski definition) is 2. The van der Waals surface area contributed by atoms with Gasteiger partial charge >= 0.3 is 0 Å². The SMILES string of the molecule is Oc1ccc(-c2nc(-c3ncn[nH]3)no2)c(F)c1. The summed E-state index contributed by atoms with van der Waals surface area (Å²) in [5.74, 6) is -0.327. The van der Waals surface area contributed by atoms with Crippen LogP contribution in [0.2, 0.25) is 0 Å². The van der Waals surface area contributed by atoms with E-state index in [1.165, 1.54) is 18.5 Å². The molecule has 0 amide bonds. The topological polar surface area (TPSA) is 101 Å². The van der Waals surface area contributed by atoms with Gasteiger partial charge in [0, 0.05) is 6.07 Å². The normalized spacial score (nSPS) is 10.7. The van der Waals surface area contributed by atoms with E-state index in [1.54, 1.807) is 0 Å². The largest absolute Gasteiger partial charge is 0.508 e. The highest BCUT2D eigenvalue weighted by Crippen LogP contribution is 2.25. The number of phenolic OH excluding ortho intramolecular Hbond substituents is 1. The molecule has 0 bridgehead atoms. The Morgan fingerprint density at radius 3 is 2.94 bits per heavy atom. The van der Waals surface area contributed by atoms with E-state index in [0.717, 1.165) is 6.07 Å². The predicted molar refractivity (Wildman–Crippen MR) is 56.7 cm³/mol. The minimum atomic E-state index is -0.650. The van der Waals surface area contributed by atoms with Crippen molar-refractivity contribution in [3.8, 4) is 28.9 Å². The number of nitrogens with zero attached hydrogens (tertiary/aromatic N) is 4. The highest BCUT2D eigenvalue weighted by molar-refractivity contribution is 5.57. The maximum Gasteiger partial charge on any atom is 0.261 e. The van der Waals surface area contributed by atoms with Crippen LogP contribution in [0.25, 0.3) is 23.1 Å². The molecule has 7 nitrogen and oxygen atoms in total. The molecule has 0 aliphatic carbocycles. The average Bonchev–Trinajstić information content (AvgIpc) is 2.99. The van der Waals surface area contributed by atoms with Crippen LogP contribution in [0.15, 0.2) is 29.0 Å². The number of aromatic amines is 1. The highest BCUT2D eigenvalue weighted by Gasteiger charge is 2.15. The number of benzene rings is 1. The quantitative estimate of drug-likeness (QED) is 0.709. The monoisotopic (exact) mass is 247 g/mol. The Morgan fingerprint density at radius 2 is 2.22 bits per heavy atom. The molecule has 0 saturated carbocycles. The zero-order valence-electron chi connectivity index (χ0n) is 8.83. The van der Waals surface area contributed by atoms with Crippen LogP contribution in [-0.4, -0.2) is 30.4 Å². The lowest BCUT2D eigenvalue weighted by Crippen LogP contribution is -1.86. The van der Waals surface area contributed by atoms with Gasteiger partial charge in [-0.2, -0.15) is 10.1 Å². The summed E-state index contributed by atoms with van der Waals surface area (Å²) in [5.41, 5.74) is 0.103. The van der Waals surface area contributed by atoms with Crippen molar-refractivity contribution in [2.45, 2.75) is 0 Å². The van der Waals surface area contributed by atoms with E-state index in [9.17, 15) is 4.39 Å². The van der Waals surface area contributed by atoms with Gasteiger partial charge in [-0.05, 0) is 12.1 Å². The molecular weight excluding hydrogens is 241 g/mol. The zero-order chi connectivity index (χ0) is 12.5. The molecule has 0 aliphatic rings. The number of nitrogens with one attached hydrogen (secondary N) is 1. The van der Waals surface area contributed by atoms with E-state index in [0.29, 0.717) is 5.82 Å². The molecule has 0 unspecified atom stereocenters. The molecule has 3 aromatic rings. The van der Waals surface area contributed by atoms with Gasteiger partial charge in [-0.15, -0.1) is 0 Å². The van der Waals surface area contributed by atoms with Crippen LogP contribution in [-0.2, 0) is 0 Å². The molecule has 1 aromatic carbocycles. The third kappa shape index (κ3) is 1.69. The third-order valence-electron chi connectivity index (χ3n) is 2.24. The lowest BCUT2D eigenvalue weighted by molar-refractivity contribution is 0.428. The lowest BCUT2D eigenvalue weighted by atomic mass is 10.2. The maximum absolute atomic E-state index is 13.6. The maximum atomic E-state index is 13.6. The van der Waals surface area contributed by atoms with Gasteiger partial charge in [0.25, 0.3) is 5.89 Å². The first-order valence-electron chi connectivity index (χ1n) is 4.92. The Balaban J connectivity index is 2.03. The average molecular weight is 247 g/mol. The Hall–Kier alpha value is -2.77. The summed E-state index contributed by atoms with van der Waals surface area (Å²) < 4.78 is 18.5. The van der Waals surface area contributed by atoms with Crippen LogP contribution >= 0.6 is 0 Å². The zero-order valence-corrected chi connectivity index (χ0v) is 8.83. The van der Waals surface area contributed by atoms with Gasteiger partial charge in [-0.1, -0.05) is 5.16 Å². The molecule has 0 radical (unpaired) electrons. The van der Waals surface area contributed by atoms with Crippen LogP contribution in [0.3, 0.4) is 0 Å². The molecule has 3 rings (SSSR count). The van der Waals surface area contributed by atoms with Crippen molar-refractivity contribution in [2.75, 3.05) is 0 Å². The molecule has 0 fully saturated rings. The summed E-state index contributed by atoms with van der Waals surface area (Å²) in [4.78, 5) is 7.82. The molecule has 0 aliphatic heterocycles. The van der Waals surface area contributed by atoms with Gasteiger partial charge in [-0.25, -0.2) is 9.37 Å². The summed E-state index contributed by atoms with van der Waals surface area (Å²) in [6.45, 7) is 0. The Morgan fingerprint density at radius 1 is 1.33 bits per heavy atom. The molecule has 2 heterocycles. The van der Waals surface area contributed by atoms with Crippen molar-refractivity contribution in [1.82, 2.24) is 25.3 Å². The van der Waals surface area contributed by atoms with E-state index in [-0.39, 0.29) is 23.0 Å². The second-order valence-corrected chi connectivity index (χ2v) is 3.42. The molecule has 2 N–H and O–H groups in total. The van der Waals surface area contributed by atoms with Crippen LogP contribution in [0.5, 0.6) is 5.75 Å². The predicted octanol–water partition coefficient (Wildman–Crippen LogP) is 1.37. The lowest BCUT2D eigenvalue weighted by Gasteiger charge is -1.97. The number of rotatable bonds is 2. The fourth-order valence-electron chi connectivity index (χ4n) is 1.42. The minimum absolute atomic E-state index is 0.00102. The van der Waals surface area contributed by atoms with Crippen LogP contribution in [0, 0.1) is 5.82 Å². The number of H-pyrrole nitrogens is 1. The summed E-state index contributed by atoms with van der Waals surface area (Å²) in [5, 5.41) is 19.0. The summed E-state index contributed by atoms with van der Waals surface area (Å²) >= 11 is 0. The minimum Gasteiger partial charge on any atom is -0.508 e. The second kappa shape index (κ2) is 3.91. The summed E-state index contributed by atoms with van der Waals surface area (Å²) in [7, 11) is 0. The fourth-order valence-corrected chi connectivity index (χ4v) is 1.42. The van der Waals surface area contributed by atoms with Crippen molar-refractivity contribution in [2.24, 2.45) is 0 Å². The number of phenols is 1. The van der Waals surface area contributed by atoms with Crippen LogP contribution < -0.4 is 0 Å². The van der Waals surface area contributed by atoms with Gasteiger partial charge in [0.2, 0.25) is 5.82 Å². The van der Waals surface area contributed by atoms with Crippen molar-refractivity contribution < 1.29 is 14.0 Å². The van der Waals surface area contributed by atoms with E-state index in [2.05, 4.69) is 25.3 Å². The molecule has 0 spiro atoms. The smallest absolute Gasteiger partial charge is 0.261 e. The number of aromatic nitrogens is 5. The molecule has 90 valence electrons. The van der Waals surface area contributed by atoms with Gasteiger partial charge in [0.15, 0.2) is 5.82 Å². The van der Waals surface area contributed by atoms with E-state index in [1.807, 2.05) is 0 Å². The van der Waals surface area contributed by atoms with Gasteiger partial charge in [0.05, 0.1) is 5.56 Å². The van der Waals surface area contributed by atoms with Crippen molar-refractivity contribution >= 4 is 0 Å². The molecule has 2 aromatic heterocycles. The molecular formula is C10H6FN5O2. The van der Waals surface area contributed by atoms with Crippen LogP contribution in [0.1, 0.15) is 0 Å². The number of hydrogen-bond acceptors (Lipinski definition) is 6. The molecule has 18 heavy (non-hydrogen) atoms. The third-order valence-corrected chi connectivity index (χ3v) is 2.24. The van der Waals surface area contributed by atoms with Crippen LogP contribution in [0.4, 0.5) is 4.39 Å². The molecule has 8 heteroatoms. The van der Waals surface area contributed by atoms with Crippen molar-refractivity contribution in [3.05, 3.63) is 30.3 Å². The van der Waals surface area contributed by atoms with Crippen molar-refractivity contribution in [1.29, 1.82) is 0 Å². The highest BCUT2D eigenvalue weighted by atomic mass is 19.1. The van der Waals surface area contributed by atoms with Crippen molar-refractivity contribution in [3.63, 3.8) is 0 Å². The Kier molecular flexibility index (Phi) is 2.26. The molecule has 0 atom stereocenters. The van der Waals surface area contributed by atoms with Gasteiger partial charge < -0.3 is 9.63 Å². The van der Waals surface area contributed by atoms with Gasteiger partial charge in [0.1, 0.15) is 17.9 Å². The number of halogens is 1. The number of aromatic hydroxyl groups is 1. The first kappa shape index (κ1) is 10.4. The van der Waals surface area contributed by atoms with E-state index >= 15 is 0 Å². The Bertz CT molecular complexity index is 679. The fraction of sp³-hybridized carbons (Fsp3) is 0. The van der Waals surface area contributed by atoms with Gasteiger partial charge in [-0.3, -0.25) is 5.10 Å².